The van der Waals surface area contributed by atoms with Gasteiger partial charge in [0.05, 0.1) is 4.90 Å². The fourth-order valence-electron chi connectivity index (χ4n) is 1.94. The van der Waals surface area contributed by atoms with Crippen LogP contribution in [-0.2, 0) is 10.0 Å². The molecule has 1 aromatic heterocycles. The molecule has 6 nitrogen and oxygen atoms in total. The predicted molar refractivity (Wildman–Crippen MR) is 66.4 cm³/mol. The molecule has 0 bridgehead atoms. The number of primary sulfonamides is 1. The number of amides is 1. The number of H-pyrrole nitrogens is 1. The Morgan fingerprint density at radius 1 is 1.50 bits per heavy atom. The number of nitrogens with two attached hydrogens (primary N) is 1. The number of hydrogen-bond acceptors (Lipinski definition) is 3. The Morgan fingerprint density at radius 2 is 2.11 bits per heavy atom. The summed E-state index contributed by atoms with van der Waals surface area (Å²) in [6, 6.07) is 1.24. The van der Waals surface area contributed by atoms with E-state index in [1.54, 1.807) is 0 Å². The van der Waals surface area contributed by atoms with E-state index in [-0.39, 0.29) is 22.0 Å². The number of aromatic amines is 1. The molecule has 0 aliphatic heterocycles. The molecular formula is C11H17N3O3S. The lowest BCUT2D eigenvalue weighted by Gasteiger charge is -2.25. The average Bonchev–Trinajstić information content (AvgIpc) is 2.94. The highest BCUT2D eigenvalue weighted by Crippen LogP contribution is 2.39. The molecule has 0 radical (unpaired) electrons. The lowest BCUT2D eigenvalue weighted by Crippen LogP contribution is -2.45. The van der Waals surface area contributed by atoms with E-state index in [0.29, 0.717) is 5.92 Å². The zero-order valence-electron chi connectivity index (χ0n) is 10.4. The minimum atomic E-state index is -3.77. The maximum absolute atomic E-state index is 12.0. The molecule has 1 aromatic rings. The van der Waals surface area contributed by atoms with E-state index >= 15 is 0 Å². The predicted octanol–water partition coefficient (Wildman–Crippen LogP) is 0.581. The second-order valence-corrected chi connectivity index (χ2v) is 6.81. The third-order valence-corrected chi connectivity index (χ3v) is 4.16. The van der Waals surface area contributed by atoms with E-state index < -0.39 is 10.0 Å². The summed E-state index contributed by atoms with van der Waals surface area (Å²) in [7, 11) is -3.77. The van der Waals surface area contributed by atoms with Gasteiger partial charge in [-0.2, -0.15) is 0 Å². The fourth-order valence-corrected chi connectivity index (χ4v) is 2.44. The van der Waals surface area contributed by atoms with Gasteiger partial charge in [-0.3, -0.25) is 4.79 Å². The van der Waals surface area contributed by atoms with E-state index in [9.17, 15) is 13.2 Å². The summed E-state index contributed by atoms with van der Waals surface area (Å²) in [6.45, 7) is 3.93. The van der Waals surface area contributed by atoms with Crippen molar-refractivity contribution in [3.63, 3.8) is 0 Å². The molecule has 0 atom stereocenters. The van der Waals surface area contributed by atoms with Crippen LogP contribution in [0.15, 0.2) is 17.2 Å². The lowest BCUT2D eigenvalue weighted by atomic mass is 9.98. The standard InChI is InChI=1S/C11H17N3O3S/c1-11(2,7-3-4-7)14-10(15)9-5-8(6-13-9)18(12,16)17/h5-7,13H,3-4H2,1-2H3,(H,14,15)(H2,12,16,17). The second-order valence-electron chi connectivity index (χ2n) is 5.24. The average molecular weight is 271 g/mol. The molecule has 1 fully saturated rings. The number of carbonyl (C=O) groups is 1. The van der Waals surface area contributed by atoms with Crippen LogP contribution in [-0.4, -0.2) is 24.8 Å². The molecule has 7 heteroatoms. The Kier molecular flexibility index (Phi) is 2.98. The van der Waals surface area contributed by atoms with Crippen LogP contribution >= 0.6 is 0 Å². The van der Waals surface area contributed by atoms with Crippen molar-refractivity contribution in [2.45, 2.75) is 37.1 Å². The van der Waals surface area contributed by atoms with Crippen molar-refractivity contribution in [1.29, 1.82) is 0 Å². The van der Waals surface area contributed by atoms with Gasteiger partial charge in [-0.15, -0.1) is 0 Å². The van der Waals surface area contributed by atoms with Crippen molar-refractivity contribution < 1.29 is 13.2 Å². The molecule has 4 N–H and O–H groups in total. The monoisotopic (exact) mass is 271 g/mol. The Morgan fingerprint density at radius 3 is 2.56 bits per heavy atom. The Bertz CT molecular complexity index is 570. The van der Waals surface area contributed by atoms with E-state index in [2.05, 4.69) is 10.3 Å². The van der Waals surface area contributed by atoms with E-state index in [1.165, 1.54) is 12.3 Å². The van der Waals surface area contributed by atoms with Crippen LogP contribution in [0.2, 0.25) is 0 Å². The van der Waals surface area contributed by atoms with E-state index in [1.807, 2.05) is 13.8 Å². The van der Waals surface area contributed by atoms with Gasteiger partial charge < -0.3 is 10.3 Å². The third kappa shape index (κ3) is 2.73. The first-order valence-electron chi connectivity index (χ1n) is 5.74. The van der Waals surface area contributed by atoms with Gasteiger partial charge in [0.1, 0.15) is 5.69 Å². The molecule has 1 saturated carbocycles. The largest absolute Gasteiger partial charge is 0.356 e. The van der Waals surface area contributed by atoms with Crippen LogP contribution in [0.3, 0.4) is 0 Å². The summed E-state index contributed by atoms with van der Waals surface area (Å²) in [5.74, 6) is 0.177. The van der Waals surface area contributed by atoms with Crippen LogP contribution in [0.25, 0.3) is 0 Å². The number of aromatic nitrogens is 1. The minimum absolute atomic E-state index is 0.0862. The molecule has 2 rings (SSSR count). The van der Waals surface area contributed by atoms with Gasteiger partial charge in [-0.1, -0.05) is 0 Å². The summed E-state index contributed by atoms with van der Waals surface area (Å²) in [4.78, 5) is 14.5. The molecule has 100 valence electrons. The highest BCUT2D eigenvalue weighted by Gasteiger charge is 2.39. The summed E-state index contributed by atoms with van der Waals surface area (Å²) in [5.41, 5.74) is -0.0722. The van der Waals surface area contributed by atoms with E-state index in [0.717, 1.165) is 12.8 Å². The SMILES string of the molecule is CC(C)(NC(=O)c1cc(S(N)(=O)=O)c[nH]1)C1CC1. The summed E-state index contributed by atoms with van der Waals surface area (Å²) >= 11 is 0. The second kappa shape index (κ2) is 4.10. The number of nitrogens with one attached hydrogen (secondary N) is 2. The molecule has 1 heterocycles. The summed E-state index contributed by atoms with van der Waals surface area (Å²) in [6.07, 6.45) is 3.44. The Hall–Kier alpha value is -1.34. The third-order valence-electron chi connectivity index (χ3n) is 3.26. The van der Waals surface area contributed by atoms with Gasteiger partial charge >= 0.3 is 0 Å². The Balaban J connectivity index is 2.12. The van der Waals surface area contributed by atoms with Crippen LogP contribution < -0.4 is 10.5 Å². The molecule has 0 aromatic carbocycles. The van der Waals surface area contributed by atoms with E-state index in [4.69, 9.17) is 5.14 Å². The summed E-state index contributed by atoms with van der Waals surface area (Å²) < 4.78 is 22.2. The number of carbonyl (C=O) groups excluding carboxylic acids is 1. The zero-order chi connectivity index (χ0) is 13.6. The first kappa shape index (κ1) is 13.1. The normalized spacial score (nSPS) is 16.6. The van der Waals surface area contributed by atoms with Gasteiger partial charge in [0.25, 0.3) is 5.91 Å². The first-order valence-corrected chi connectivity index (χ1v) is 7.28. The fraction of sp³-hybridized carbons (Fsp3) is 0.545. The molecule has 1 aliphatic carbocycles. The van der Waals surface area contributed by atoms with Gasteiger partial charge in [-0.05, 0) is 38.7 Å². The van der Waals surface area contributed by atoms with Crippen molar-refractivity contribution in [3.8, 4) is 0 Å². The maximum atomic E-state index is 12.0. The molecule has 0 spiro atoms. The van der Waals surface area contributed by atoms with Gasteiger partial charge in [0.2, 0.25) is 10.0 Å². The molecule has 1 aliphatic rings. The highest BCUT2D eigenvalue weighted by molar-refractivity contribution is 7.89. The van der Waals surface area contributed by atoms with Crippen molar-refractivity contribution in [1.82, 2.24) is 10.3 Å². The molecule has 0 saturated heterocycles. The topological polar surface area (TPSA) is 105 Å². The van der Waals surface area contributed by atoms with Gasteiger partial charge in [-0.25, -0.2) is 13.6 Å². The van der Waals surface area contributed by atoms with Crippen LogP contribution in [0.4, 0.5) is 0 Å². The highest BCUT2D eigenvalue weighted by atomic mass is 32.2. The van der Waals surface area contributed by atoms with Crippen molar-refractivity contribution in [2.75, 3.05) is 0 Å². The van der Waals surface area contributed by atoms with Crippen molar-refractivity contribution >= 4 is 15.9 Å². The zero-order valence-corrected chi connectivity index (χ0v) is 11.2. The number of hydrogen-bond donors (Lipinski definition) is 3. The number of sulfonamides is 1. The van der Waals surface area contributed by atoms with Crippen LogP contribution in [0, 0.1) is 5.92 Å². The number of rotatable bonds is 4. The molecule has 1 amide bonds. The molecular weight excluding hydrogens is 254 g/mol. The summed E-state index contributed by atoms with van der Waals surface area (Å²) in [5, 5.41) is 7.87. The Labute approximate surface area is 106 Å². The quantitative estimate of drug-likeness (QED) is 0.746. The molecule has 0 unspecified atom stereocenters. The lowest BCUT2D eigenvalue weighted by molar-refractivity contribution is 0.0898. The van der Waals surface area contributed by atoms with Gasteiger partial charge in [0.15, 0.2) is 0 Å². The van der Waals surface area contributed by atoms with Gasteiger partial charge in [0, 0.05) is 11.7 Å². The van der Waals surface area contributed by atoms with Crippen LogP contribution in [0.5, 0.6) is 0 Å². The van der Waals surface area contributed by atoms with Crippen molar-refractivity contribution in [3.05, 3.63) is 18.0 Å². The van der Waals surface area contributed by atoms with Crippen LogP contribution in [0.1, 0.15) is 37.2 Å². The maximum Gasteiger partial charge on any atom is 0.268 e. The van der Waals surface area contributed by atoms with Crippen molar-refractivity contribution in [2.24, 2.45) is 11.1 Å². The smallest absolute Gasteiger partial charge is 0.268 e. The minimum Gasteiger partial charge on any atom is -0.356 e. The first-order chi connectivity index (χ1) is 8.20. The molecule has 18 heavy (non-hydrogen) atoms.